The first-order valence-corrected chi connectivity index (χ1v) is 11.8. The highest BCUT2D eigenvalue weighted by atomic mass is 19.4. The van der Waals surface area contributed by atoms with Gasteiger partial charge in [0.15, 0.2) is 11.7 Å². The first-order valence-electron chi connectivity index (χ1n) is 11.8. The number of carbonyl (C=O) groups is 1. The number of nitrogens with zero attached hydrogens (tertiary/aromatic N) is 2. The first kappa shape index (κ1) is 24.9. The summed E-state index contributed by atoms with van der Waals surface area (Å²) in [5.41, 5.74) is -0.392. The van der Waals surface area contributed by atoms with Crippen molar-refractivity contribution < 1.29 is 36.6 Å². The SMILES string of the molecule is O=C(O)C1CCC(OC2=CC=C(c3cc(F)c(C4=NC5C=C(C(F)(F)F)C=CC5=N4)cc3F)CN2)CC1. The van der Waals surface area contributed by atoms with E-state index in [1.807, 2.05) is 0 Å². The minimum atomic E-state index is -4.54. The summed E-state index contributed by atoms with van der Waals surface area (Å²) in [5, 5.41) is 12.1. The van der Waals surface area contributed by atoms with E-state index in [-0.39, 0.29) is 41.2 Å². The molecule has 194 valence electrons. The molecule has 1 aromatic rings. The zero-order valence-corrected chi connectivity index (χ0v) is 19.4. The standard InChI is InChI=1S/C26H22F5N3O3/c27-19-11-18(24-33-21-7-4-15(26(29,30)31)9-22(21)34-24)20(28)10-17(19)14-3-8-23(32-12-14)37-16-5-1-13(2-6-16)25(35)36/h3-4,7-11,13,16,22,32H,1-2,5-6,12H2,(H,35,36). The summed E-state index contributed by atoms with van der Waals surface area (Å²) in [4.78, 5) is 19.2. The van der Waals surface area contributed by atoms with E-state index < -0.39 is 35.4 Å². The maximum Gasteiger partial charge on any atom is 0.416 e. The molecule has 0 radical (unpaired) electrons. The van der Waals surface area contributed by atoms with Gasteiger partial charge in [-0.25, -0.2) is 13.8 Å². The number of amidine groups is 1. The first-order chi connectivity index (χ1) is 17.6. The molecule has 0 saturated heterocycles. The molecule has 0 bridgehead atoms. The topological polar surface area (TPSA) is 83.3 Å². The Morgan fingerprint density at radius 2 is 1.73 bits per heavy atom. The van der Waals surface area contributed by atoms with Gasteiger partial charge in [-0.05, 0) is 67.7 Å². The van der Waals surface area contributed by atoms with E-state index in [4.69, 9.17) is 9.84 Å². The Morgan fingerprint density at radius 1 is 1.03 bits per heavy atom. The summed E-state index contributed by atoms with van der Waals surface area (Å²) >= 11 is 0. The number of ether oxygens (including phenoxy) is 1. The van der Waals surface area contributed by atoms with Crippen LogP contribution in [0.4, 0.5) is 22.0 Å². The van der Waals surface area contributed by atoms with Crippen LogP contribution in [0.3, 0.4) is 0 Å². The fraction of sp³-hybridized carbons (Fsp3) is 0.346. The van der Waals surface area contributed by atoms with E-state index in [2.05, 4.69) is 15.3 Å². The Balaban J connectivity index is 1.30. The van der Waals surface area contributed by atoms with Gasteiger partial charge in [0, 0.05) is 12.1 Å². The van der Waals surface area contributed by atoms with Crippen molar-refractivity contribution in [1.82, 2.24) is 5.32 Å². The highest BCUT2D eigenvalue weighted by molar-refractivity contribution is 6.18. The molecule has 1 unspecified atom stereocenters. The third-order valence-electron chi connectivity index (χ3n) is 6.75. The zero-order chi connectivity index (χ0) is 26.3. The van der Waals surface area contributed by atoms with Crippen LogP contribution in [0.25, 0.3) is 5.57 Å². The van der Waals surface area contributed by atoms with Crippen molar-refractivity contribution in [3.63, 3.8) is 0 Å². The summed E-state index contributed by atoms with van der Waals surface area (Å²) in [6.45, 7) is 0.174. The fourth-order valence-corrected chi connectivity index (χ4v) is 4.71. The highest BCUT2D eigenvalue weighted by Gasteiger charge is 2.36. The highest BCUT2D eigenvalue weighted by Crippen LogP contribution is 2.32. The smallest absolute Gasteiger partial charge is 0.416 e. The number of aliphatic imine (C=N–C) groups is 2. The lowest BCUT2D eigenvalue weighted by Gasteiger charge is -2.29. The van der Waals surface area contributed by atoms with Crippen molar-refractivity contribution in [2.75, 3.05) is 6.54 Å². The van der Waals surface area contributed by atoms with Gasteiger partial charge in [0.1, 0.15) is 23.8 Å². The molecule has 1 aromatic carbocycles. The van der Waals surface area contributed by atoms with Crippen LogP contribution in [-0.4, -0.2) is 47.5 Å². The van der Waals surface area contributed by atoms with Crippen LogP contribution in [0.1, 0.15) is 36.8 Å². The number of rotatable bonds is 5. The predicted octanol–water partition coefficient (Wildman–Crippen LogP) is 5.08. The third-order valence-corrected chi connectivity index (χ3v) is 6.75. The number of carboxylic acids is 1. The molecule has 2 aliphatic carbocycles. The zero-order valence-electron chi connectivity index (χ0n) is 19.4. The van der Waals surface area contributed by atoms with E-state index in [9.17, 15) is 22.4 Å². The van der Waals surface area contributed by atoms with Crippen molar-refractivity contribution >= 4 is 23.1 Å². The Morgan fingerprint density at radius 3 is 2.38 bits per heavy atom. The van der Waals surface area contributed by atoms with Crippen LogP contribution in [0.15, 0.2) is 64.0 Å². The maximum absolute atomic E-state index is 15.0. The van der Waals surface area contributed by atoms with E-state index in [1.54, 1.807) is 12.2 Å². The Labute approximate surface area is 208 Å². The summed E-state index contributed by atoms with van der Waals surface area (Å²) < 4.78 is 74.8. The predicted molar refractivity (Wildman–Crippen MR) is 126 cm³/mol. The number of hydrogen-bond donors (Lipinski definition) is 2. The van der Waals surface area contributed by atoms with Crippen molar-refractivity contribution in [3.05, 3.63) is 76.7 Å². The van der Waals surface area contributed by atoms with Crippen LogP contribution < -0.4 is 5.32 Å². The lowest BCUT2D eigenvalue weighted by molar-refractivity contribution is -0.143. The van der Waals surface area contributed by atoms with E-state index in [0.29, 0.717) is 37.1 Å². The number of alkyl halides is 3. The Bertz CT molecular complexity index is 1320. The number of benzene rings is 1. The molecule has 1 atom stereocenters. The van der Waals surface area contributed by atoms with Crippen molar-refractivity contribution in [3.8, 4) is 0 Å². The second kappa shape index (κ2) is 9.60. The van der Waals surface area contributed by atoms with Gasteiger partial charge in [0.25, 0.3) is 0 Å². The van der Waals surface area contributed by atoms with Crippen molar-refractivity contribution in [2.24, 2.45) is 15.9 Å². The summed E-state index contributed by atoms with van der Waals surface area (Å²) in [5.74, 6) is -2.37. The minimum absolute atomic E-state index is 0.0221. The Hall–Kier alpha value is -3.76. The molecule has 0 amide bonds. The van der Waals surface area contributed by atoms with Gasteiger partial charge in [0.05, 0.1) is 22.8 Å². The van der Waals surface area contributed by atoms with Crippen LogP contribution in [0.5, 0.6) is 0 Å². The molecule has 1 saturated carbocycles. The molecule has 1 fully saturated rings. The van der Waals surface area contributed by atoms with Crippen LogP contribution >= 0.6 is 0 Å². The number of nitrogens with one attached hydrogen (secondary N) is 1. The molecule has 6 nitrogen and oxygen atoms in total. The molecule has 0 aromatic heterocycles. The monoisotopic (exact) mass is 519 g/mol. The summed E-state index contributed by atoms with van der Waals surface area (Å²) in [7, 11) is 0. The van der Waals surface area contributed by atoms with Gasteiger partial charge in [-0.15, -0.1) is 0 Å². The van der Waals surface area contributed by atoms with Gasteiger partial charge in [0.2, 0.25) is 0 Å². The van der Waals surface area contributed by atoms with Gasteiger partial charge >= 0.3 is 12.1 Å². The quantitative estimate of drug-likeness (QED) is 0.532. The lowest BCUT2D eigenvalue weighted by Crippen LogP contribution is -2.29. The second-order valence-electron chi connectivity index (χ2n) is 9.21. The van der Waals surface area contributed by atoms with Crippen molar-refractivity contribution in [1.29, 1.82) is 0 Å². The molecular weight excluding hydrogens is 497 g/mol. The van der Waals surface area contributed by atoms with E-state index in [1.165, 1.54) is 6.08 Å². The number of halogens is 5. The Kier molecular flexibility index (Phi) is 6.47. The molecule has 0 spiro atoms. The summed E-state index contributed by atoms with van der Waals surface area (Å²) in [6, 6.07) is 0.954. The maximum atomic E-state index is 15.0. The molecule has 11 heteroatoms. The van der Waals surface area contributed by atoms with Crippen molar-refractivity contribution in [2.45, 2.75) is 44.0 Å². The third kappa shape index (κ3) is 5.21. The van der Waals surface area contributed by atoms with Gasteiger partial charge in [-0.1, -0.05) is 6.08 Å². The number of allylic oxidation sites excluding steroid dienone is 4. The molecular formula is C26H22F5N3O3. The molecule has 2 aliphatic heterocycles. The number of dihydropyridines is 1. The average molecular weight is 519 g/mol. The average Bonchev–Trinajstić information content (AvgIpc) is 3.29. The number of carboxylic acid groups (broad SMARTS) is 1. The minimum Gasteiger partial charge on any atom is -0.481 e. The van der Waals surface area contributed by atoms with Gasteiger partial charge in [-0.3, -0.25) is 9.79 Å². The summed E-state index contributed by atoms with van der Waals surface area (Å²) in [6.07, 6.45) is 3.83. The fourth-order valence-electron chi connectivity index (χ4n) is 4.71. The van der Waals surface area contributed by atoms with E-state index >= 15 is 4.39 Å². The van der Waals surface area contributed by atoms with Gasteiger partial charge < -0.3 is 15.2 Å². The van der Waals surface area contributed by atoms with E-state index in [0.717, 1.165) is 24.3 Å². The number of hydrogen-bond acceptors (Lipinski definition) is 5. The largest absolute Gasteiger partial charge is 0.481 e. The lowest BCUT2D eigenvalue weighted by atomic mass is 9.87. The van der Waals surface area contributed by atoms with Crippen LogP contribution in [0, 0.1) is 17.6 Å². The number of fused-ring (bicyclic) bond motifs is 1. The molecule has 2 heterocycles. The molecule has 5 rings (SSSR count). The molecule has 37 heavy (non-hydrogen) atoms. The molecule has 2 N–H and O–H groups in total. The van der Waals surface area contributed by atoms with Crippen LogP contribution in [0.2, 0.25) is 0 Å². The van der Waals surface area contributed by atoms with Crippen LogP contribution in [-0.2, 0) is 9.53 Å². The normalized spacial score (nSPS) is 25.2. The van der Waals surface area contributed by atoms with Gasteiger partial charge in [-0.2, -0.15) is 13.2 Å². The number of aliphatic carboxylic acids is 1. The molecule has 4 aliphatic rings. The second-order valence-corrected chi connectivity index (χ2v) is 9.21.